The lowest BCUT2D eigenvalue weighted by atomic mass is 9.59. The molecule has 88 valence electrons. The number of ether oxygens (including phenoxy) is 1. The third-order valence-electron chi connectivity index (χ3n) is 3.85. The highest BCUT2D eigenvalue weighted by Gasteiger charge is 2.43. The second-order valence-corrected chi connectivity index (χ2v) is 5.77. The normalized spacial score (nSPS) is 38.4. The van der Waals surface area contributed by atoms with Crippen LogP contribution in [0.5, 0.6) is 0 Å². The molecule has 0 amide bonds. The van der Waals surface area contributed by atoms with Crippen LogP contribution in [0.1, 0.15) is 46.5 Å². The monoisotopic (exact) mass is 220 g/mol. The lowest BCUT2D eigenvalue weighted by Gasteiger charge is -2.45. The van der Waals surface area contributed by atoms with Gasteiger partial charge in [0.1, 0.15) is 6.61 Å². The molecule has 0 N–H and O–H groups in total. The summed E-state index contributed by atoms with van der Waals surface area (Å²) >= 11 is 0. The summed E-state index contributed by atoms with van der Waals surface area (Å²) in [5.41, 5.74) is 0.186. The molecule has 0 aromatic rings. The lowest BCUT2D eigenvalue weighted by molar-refractivity contribution is 0.0110. The minimum Gasteiger partial charge on any atom is -0.427 e. The molecule has 1 aliphatic carbocycles. The molecule has 0 heterocycles. The molecular formula is C13H20N2O. The van der Waals surface area contributed by atoms with Gasteiger partial charge in [-0.15, -0.1) is 0 Å². The van der Waals surface area contributed by atoms with Crippen molar-refractivity contribution in [1.82, 2.24) is 0 Å². The minimum absolute atomic E-state index is 0.0286. The number of hydrogen-bond acceptors (Lipinski definition) is 3. The molecule has 0 bridgehead atoms. The SMILES string of the molecule is CCC1(C)CC(C#N)CC(C)(COC#N)C1. The third-order valence-corrected chi connectivity index (χ3v) is 3.85. The largest absolute Gasteiger partial charge is 0.427 e. The van der Waals surface area contributed by atoms with E-state index in [1.165, 1.54) is 0 Å². The van der Waals surface area contributed by atoms with E-state index < -0.39 is 0 Å². The maximum atomic E-state index is 9.12. The fourth-order valence-electron chi connectivity index (χ4n) is 3.11. The molecule has 1 rings (SSSR count). The van der Waals surface area contributed by atoms with Crippen LogP contribution in [0.15, 0.2) is 0 Å². The van der Waals surface area contributed by atoms with Gasteiger partial charge in [-0.2, -0.15) is 10.5 Å². The van der Waals surface area contributed by atoms with Crippen molar-refractivity contribution >= 4 is 0 Å². The second kappa shape index (κ2) is 4.74. The number of rotatable bonds is 3. The Morgan fingerprint density at radius 1 is 1.25 bits per heavy atom. The van der Waals surface area contributed by atoms with Crippen LogP contribution >= 0.6 is 0 Å². The van der Waals surface area contributed by atoms with Crippen LogP contribution in [0.25, 0.3) is 0 Å². The van der Waals surface area contributed by atoms with Crippen molar-refractivity contribution in [1.29, 1.82) is 10.5 Å². The molecule has 1 fully saturated rings. The van der Waals surface area contributed by atoms with E-state index in [0.29, 0.717) is 6.61 Å². The van der Waals surface area contributed by atoms with E-state index in [-0.39, 0.29) is 16.7 Å². The standard InChI is InChI=1S/C13H20N2O/c1-4-12(2)5-11(7-14)6-13(3,8-12)9-16-10-15/h11H,4-6,8-9H2,1-3H3. The van der Waals surface area contributed by atoms with Crippen molar-refractivity contribution in [2.45, 2.75) is 46.5 Å². The Labute approximate surface area is 98.0 Å². The molecule has 3 unspecified atom stereocenters. The van der Waals surface area contributed by atoms with Gasteiger partial charge < -0.3 is 4.74 Å². The lowest BCUT2D eigenvalue weighted by Crippen LogP contribution is -2.39. The van der Waals surface area contributed by atoms with E-state index in [1.807, 2.05) is 0 Å². The summed E-state index contributed by atoms with van der Waals surface area (Å²) in [4.78, 5) is 0. The van der Waals surface area contributed by atoms with E-state index in [4.69, 9.17) is 15.3 Å². The molecule has 0 saturated heterocycles. The molecule has 3 atom stereocenters. The Morgan fingerprint density at radius 3 is 2.38 bits per heavy atom. The van der Waals surface area contributed by atoms with Crippen LogP contribution in [0.3, 0.4) is 0 Å². The summed E-state index contributed by atoms with van der Waals surface area (Å²) in [6.07, 6.45) is 5.67. The number of nitrogens with zero attached hydrogens (tertiary/aromatic N) is 2. The summed E-state index contributed by atoms with van der Waals surface area (Å²) in [7, 11) is 0. The van der Waals surface area contributed by atoms with Crippen molar-refractivity contribution in [3.05, 3.63) is 0 Å². The van der Waals surface area contributed by atoms with Gasteiger partial charge in [-0.25, -0.2) is 0 Å². The van der Waals surface area contributed by atoms with Gasteiger partial charge in [0.05, 0.1) is 6.07 Å². The minimum atomic E-state index is -0.0286. The van der Waals surface area contributed by atoms with E-state index >= 15 is 0 Å². The predicted molar refractivity (Wildman–Crippen MR) is 61.0 cm³/mol. The molecule has 0 aromatic carbocycles. The van der Waals surface area contributed by atoms with E-state index in [0.717, 1.165) is 25.7 Å². The summed E-state index contributed by atoms with van der Waals surface area (Å²) in [5, 5.41) is 17.6. The van der Waals surface area contributed by atoms with Crippen LogP contribution < -0.4 is 0 Å². The van der Waals surface area contributed by atoms with Gasteiger partial charge in [0.25, 0.3) is 6.26 Å². The Bertz CT molecular complexity index is 328. The molecule has 3 nitrogen and oxygen atoms in total. The summed E-state index contributed by atoms with van der Waals surface area (Å²) in [6.45, 7) is 6.98. The molecule has 3 heteroatoms. The Morgan fingerprint density at radius 2 is 1.88 bits per heavy atom. The van der Waals surface area contributed by atoms with E-state index in [2.05, 4.69) is 26.8 Å². The highest BCUT2D eigenvalue weighted by molar-refractivity contribution is 4.99. The van der Waals surface area contributed by atoms with Crippen LogP contribution in [-0.4, -0.2) is 6.61 Å². The quantitative estimate of drug-likeness (QED) is 0.686. The zero-order valence-electron chi connectivity index (χ0n) is 10.4. The summed E-state index contributed by atoms with van der Waals surface area (Å²) in [6, 6.07) is 2.39. The number of nitriles is 2. The molecule has 0 spiro atoms. The van der Waals surface area contributed by atoms with Gasteiger partial charge >= 0.3 is 0 Å². The summed E-state index contributed by atoms with van der Waals surface area (Å²) < 4.78 is 4.90. The predicted octanol–water partition coefficient (Wildman–Crippen LogP) is 3.23. The first kappa shape index (κ1) is 12.8. The molecule has 0 aliphatic heterocycles. The van der Waals surface area contributed by atoms with Gasteiger partial charge in [0.15, 0.2) is 0 Å². The Balaban J connectivity index is 2.80. The highest BCUT2D eigenvalue weighted by Crippen LogP contribution is 2.50. The molecule has 1 aliphatic rings. The van der Waals surface area contributed by atoms with Crippen molar-refractivity contribution < 1.29 is 4.74 Å². The van der Waals surface area contributed by atoms with Crippen molar-refractivity contribution in [3.8, 4) is 12.3 Å². The van der Waals surface area contributed by atoms with Gasteiger partial charge in [-0.3, -0.25) is 0 Å². The van der Waals surface area contributed by atoms with Crippen molar-refractivity contribution in [2.24, 2.45) is 16.7 Å². The maximum Gasteiger partial charge on any atom is 0.286 e. The fourth-order valence-corrected chi connectivity index (χ4v) is 3.11. The van der Waals surface area contributed by atoms with Crippen LogP contribution in [0.4, 0.5) is 0 Å². The molecule has 0 radical (unpaired) electrons. The second-order valence-electron chi connectivity index (χ2n) is 5.77. The third kappa shape index (κ3) is 2.89. The molecular weight excluding hydrogens is 200 g/mol. The first-order valence-electron chi connectivity index (χ1n) is 5.87. The first-order valence-corrected chi connectivity index (χ1v) is 5.87. The van der Waals surface area contributed by atoms with E-state index in [9.17, 15) is 0 Å². The first-order chi connectivity index (χ1) is 7.47. The number of hydrogen-bond donors (Lipinski definition) is 0. The summed E-state index contributed by atoms with van der Waals surface area (Å²) in [5.74, 6) is 0.103. The van der Waals surface area contributed by atoms with Crippen LogP contribution in [-0.2, 0) is 4.74 Å². The fraction of sp³-hybridized carbons (Fsp3) is 0.846. The zero-order chi connectivity index (χ0) is 12.2. The maximum absolute atomic E-state index is 9.12. The van der Waals surface area contributed by atoms with Crippen molar-refractivity contribution in [2.75, 3.05) is 6.61 Å². The highest BCUT2D eigenvalue weighted by atomic mass is 16.5. The van der Waals surface area contributed by atoms with Crippen molar-refractivity contribution in [3.63, 3.8) is 0 Å². The Hall–Kier alpha value is -1.22. The Kier molecular flexibility index (Phi) is 3.81. The zero-order valence-corrected chi connectivity index (χ0v) is 10.4. The smallest absolute Gasteiger partial charge is 0.286 e. The average molecular weight is 220 g/mol. The average Bonchev–Trinajstić information content (AvgIpc) is 2.25. The van der Waals surface area contributed by atoms with Gasteiger partial charge in [0, 0.05) is 11.3 Å². The van der Waals surface area contributed by atoms with Gasteiger partial charge in [-0.05, 0) is 24.7 Å². The van der Waals surface area contributed by atoms with Gasteiger partial charge in [-0.1, -0.05) is 27.2 Å². The van der Waals surface area contributed by atoms with E-state index in [1.54, 1.807) is 6.26 Å². The molecule has 0 aromatic heterocycles. The molecule has 16 heavy (non-hydrogen) atoms. The van der Waals surface area contributed by atoms with Crippen LogP contribution in [0, 0.1) is 39.6 Å². The van der Waals surface area contributed by atoms with Crippen LogP contribution in [0.2, 0.25) is 0 Å². The topological polar surface area (TPSA) is 56.8 Å². The van der Waals surface area contributed by atoms with Gasteiger partial charge in [0.2, 0.25) is 0 Å². The molecule has 1 saturated carbocycles.